The van der Waals surface area contributed by atoms with Gasteiger partial charge in [0, 0.05) is 6.04 Å². The van der Waals surface area contributed by atoms with E-state index in [1.54, 1.807) is 24.3 Å². The summed E-state index contributed by atoms with van der Waals surface area (Å²) in [6.07, 6.45) is -3.19. The Morgan fingerprint density at radius 1 is 1.23 bits per heavy atom. The predicted molar refractivity (Wildman–Crippen MR) is 80.4 cm³/mol. The Balaban J connectivity index is 2.07. The van der Waals surface area contributed by atoms with E-state index in [1.807, 2.05) is 0 Å². The van der Waals surface area contributed by atoms with Crippen molar-refractivity contribution in [3.63, 3.8) is 0 Å². The lowest BCUT2D eigenvalue weighted by molar-refractivity contribution is -0.185. The van der Waals surface area contributed by atoms with Crippen LogP contribution in [-0.2, 0) is 0 Å². The van der Waals surface area contributed by atoms with Crippen LogP contribution in [0.25, 0.3) is 10.9 Å². The molecular formula is C15H15F3N2OS. The number of rotatable bonds is 1. The second-order valence-electron chi connectivity index (χ2n) is 5.71. The number of nitrogens with one attached hydrogen (secondary N) is 1. The van der Waals surface area contributed by atoms with Gasteiger partial charge in [0.15, 0.2) is 4.77 Å². The molecule has 3 rings (SSSR count). The number of aromatic nitrogens is 2. The molecule has 22 heavy (non-hydrogen) atoms. The van der Waals surface area contributed by atoms with Gasteiger partial charge in [-0.05, 0) is 43.6 Å². The van der Waals surface area contributed by atoms with Gasteiger partial charge < -0.3 is 4.98 Å². The van der Waals surface area contributed by atoms with Gasteiger partial charge in [0.2, 0.25) is 0 Å². The molecule has 2 atom stereocenters. The van der Waals surface area contributed by atoms with Crippen molar-refractivity contribution in [2.45, 2.75) is 37.9 Å². The first-order valence-electron chi connectivity index (χ1n) is 7.18. The number of H-pyrrole nitrogens is 1. The molecular weight excluding hydrogens is 313 g/mol. The van der Waals surface area contributed by atoms with Crippen LogP contribution in [0.4, 0.5) is 13.2 Å². The molecule has 1 fully saturated rings. The zero-order valence-corrected chi connectivity index (χ0v) is 12.5. The summed E-state index contributed by atoms with van der Waals surface area (Å²) >= 11 is 5.21. The highest BCUT2D eigenvalue weighted by molar-refractivity contribution is 7.71. The molecule has 0 aliphatic heterocycles. The number of nitrogens with zero attached hydrogens (tertiary/aromatic N) is 1. The molecule has 0 amide bonds. The van der Waals surface area contributed by atoms with Gasteiger partial charge in [-0.25, -0.2) is 0 Å². The Morgan fingerprint density at radius 2 is 1.95 bits per heavy atom. The minimum absolute atomic E-state index is 0.0841. The van der Waals surface area contributed by atoms with Crippen molar-refractivity contribution in [1.82, 2.24) is 9.55 Å². The number of halogens is 3. The third kappa shape index (κ3) is 2.69. The zero-order valence-electron chi connectivity index (χ0n) is 11.7. The lowest BCUT2D eigenvalue weighted by Gasteiger charge is -2.31. The molecule has 1 aromatic heterocycles. The minimum atomic E-state index is -4.22. The molecule has 0 saturated heterocycles. The lowest BCUT2D eigenvalue weighted by Crippen LogP contribution is -2.34. The maximum absolute atomic E-state index is 13.0. The molecule has 1 N–H and O–H groups in total. The zero-order chi connectivity index (χ0) is 15.9. The molecule has 0 bridgehead atoms. The van der Waals surface area contributed by atoms with Crippen LogP contribution in [0.1, 0.15) is 31.7 Å². The fourth-order valence-corrected chi connectivity index (χ4v) is 3.55. The van der Waals surface area contributed by atoms with Gasteiger partial charge in [-0.3, -0.25) is 9.36 Å². The Morgan fingerprint density at radius 3 is 2.68 bits per heavy atom. The van der Waals surface area contributed by atoms with Crippen molar-refractivity contribution in [2.24, 2.45) is 5.92 Å². The van der Waals surface area contributed by atoms with Crippen molar-refractivity contribution in [3.05, 3.63) is 39.4 Å². The number of alkyl halides is 3. The smallest absolute Gasteiger partial charge is 0.332 e. The monoisotopic (exact) mass is 328 g/mol. The van der Waals surface area contributed by atoms with Gasteiger partial charge in [0.1, 0.15) is 0 Å². The van der Waals surface area contributed by atoms with Crippen molar-refractivity contribution >= 4 is 23.1 Å². The van der Waals surface area contributed by atoms with Gasteiger partial charge in [-0.2, -0.15) is 13.2 Å². The van der Waals surface area contributed by atoms with Crippen molar-refractivity contribution < 1.29 is 13.2 Å². The highest BCUT2D eigenvalue weighted by atomic mass is 32.1. The number of aromatic amines is 1. The molecule has 1 aliphatic rings. The average Bonchev–Trinajstić information content (AvgIpc) is 2.47. The average molecular weight is 328 g/mol. The van der Waals surface area contributed by atoms with E-state index in [9.17, 15) is 18.0 Å². The van der Waals surface area contributed by atoms with E-state index in [2.05, 4.69) is 4.98 Å². The molecule has 1 aromatic carbocycles. The molecule has 0 radical (unpaired) electrons. The predicted octanol–water partition coefficient (Wildman–Crippen LogP) is 4.35. The molecule has 118 valence electrons. The molecule has 1 heterocycles. The third-order valence-electron chi connectivity index (χ3n) is 4.31. The van der Waals surface area contributed by atoms with Crippen LogP contribution in [0.5, 0.6) is 0 Å². The van der Waals surface area contributed by atoms with Crippen LogP contribution in [0.15, 0.2) is 29.1 Å². The fourth-order valence-electron chi connectivity index (χ4n) is 3.20. The van der Waals surface area contributed by atoms with Crippen LogP contribution in [0.2, 0.25) is 0 Å². The molecule has 0 unspecified atom stereocenters. The van der Waals surface area contributed by atoms with Crippen LogP contribution >= 0.6 is 12.2 Å². The molecule has 0 spiro atoms. The second-order valence-corrected chi connectivity index (χ2v) is 6.10. The molecule has 7 heteroatoms. The van der Waals surface area contributed by atoms with Gasteiger partial charge in [0.05, 0.1) is 16.8 Å². The van der Waals surface area contributed by atoms with Crippen molar-refractivity contribution in [2.75, 3.05) is 0 Å². The van der Waals surface area contributed by atoms with Crippen LogP contribution in [0.3, 0.4) is 0 Å². The van der Waals surface area contributed by atoms with Gasteiger partial charge in [-0.1, -0.05) is 18.6 Å². The van der Waals surface area contributed by atoms with Crippen LogP contribution in [0, 0.1) is 10.7 Å². The maximum atomic E-state index is 13.0. The molecule has 1 aliphatic carbocycles. The van der Waals surface area contributed by atoms with E-state index in [4.69, 9.17) is 12.2 Å². The summed E-state index contributed by atoms with van der Waals surface area (Å²) in [5.74, 6) is -1.36. The molecule has 3 nitrogen and oxygen atoms in total. The molecule has 2 aromatic rings. The Hall–Kier alpha value is -1.63. The quantitative estimate of drug-likeness (QED) is 0.790. The first kappa shape index (κ1) is 15.3. The largest absolute Gasteiger partial charge is 0.391 e. The third-order valence-corrected chi connectivity index (χ3v) is 4.61. The van der Waals surface area contributed by atoms with E-state index in [0.717, 1.165) is 0 Å². The minimum Gasteiger partial charge on any atom is -0.332 e. The fraction of sp³-hybridized carbons (Fsp3) is 0.467. The normalized spacial score (nSPS) is 22.9. The summed E-state index contributed by atoms with van der Waals surface area (Å²) in [7, 11) is 0. The van der Waals surface area contributed by atoms with Crippen LogP contribution in [-0.4, -0.2) is 15.7 Å². The number of hydrogen-bond donors (Lipinski definition) is 1. The highest BCUT2D eigenvalue weighted by Crippen LogP contribution is 2.41. The standard InChI is InChI=1S/C15H15F3N2OS/c16-15(17,18)9-4-3-5-10(8-9)20-13(21)11-6-1-2-7-12(11)19-14(20)22/h1-2,6-7,9-10H,3-5,8H2,(H,19,22)/t9-,10-/m0/s1. The van der Waals surface area contributed by atoms with Gasteiger partial charge >= 0.3 is 6.18 Å². The number of fused-ring (bicyclic) bond motifs is 1. The Bertz CT molecular complexity index is 809. The van der Waals surface area contributed by atoms with E-state index in [0.29, 0.717) is 23.7 Å². The number of hydrogen-bond acceptors (Lipinski definition) is 2. The summed E-state index contributed by atoms with van der Waals surface area (Å²) < 4.78 is 40.4. The van der Waals surface area contributed by atoms with E-state index in [-0.39, 0.29) is 23.2 Å². The SMILES string of the molecule is O=c1c2ccccc2[nH]c(=S)n1[C@H]1CCC[C@H](C(F)(F)F)C1. The van der Waals surface area contributed by atoms with Crippen molar-refractivity contribution in [3.8, 4) is 0 Å². The summed E-state index contributed by atoms with van der Waals surface area (Å²) in [5.41, 5.74) is 0.295. The van der Waals surface area contributed by atoms with Gasteiger partial charge in [-0.15, -0.1) is 0 Å². The van der Waals surface area contributed by atoms with Gasteiger partial charge in [0.25, 0.3) is 5.56 Å². The summed E-state index contributed by atoms with van der Waals surface area (Å²) in [6, 6.07) is 6.39. The summed E-state index contributed by atoms with van der Waals surface area (Å²) in [6.45, 7) is 0. The Labute approximate surface area is 129 Å². The van der Waals surface area contributed by atoms with E-state index >= 15 is 0 Å². The van der Waals surface area contributed by atoms with Crippen LogP contribution < -0.4 is 5.56 Å². The number of benzene rings is 1. The topological polar surface area (TPSA) is 37.8 Å². The first-order valence-corrected chi connectivity index (χ1v) is 7.59. The highest BCUT2D eigenvalue weighted by Gasteiger charge is 2.42. The van der Waals surface area contributed by atoms with E-state index < -0.39 is 18.1 Å². The molecule has 1 saturated carbocycles. The van der Waals surface area contributed by atoms with E-state index in [1.165, 1.54) is 4.57 Å². The Kier molecular flexibility index (Phi) is 3.84. The maximum Gasteiger partial charge on any atom is 0.391 e. The number of para-hydroxylation sites is 1. The van der Waals surface area contributed by atoms with Crippen molar-refractivity contribution in [1.29, 1.82) is 0 Å². The second kappa shape index (κ2) is 5.53. The summed E-state index contributed by atoms with van der Waals surface area (Å²) in [5, 5.41) is 0.449. The first-order chi connectivity index (χ1) is 10.4. The summed E-state index contributed by atoms with van der Waals surface area (Å²) in [4.78, 5) is 15.5. The lowest BCUT2D eigenvalue weighted by atomic mass is 9.85.